The Labute approximate surface area is 122 Å². The molecule has 20 heavy (non-hydrogen) atoms. The van der Waals surface area contributed by atoms with Crippen molar-refractivity contribution in [2.75, 3.05) is 19.7 Å². The first-order chi connectivity index (χ1) is 9.70. The third kappa shape index (κ3) is 4.22. The molecule has 1 aliphatic rings. The second kappa shape index (κ2) is 7.65. The molecule has 0 amide bonds. The predicted molar refractivity (Wildman–Crippen MR) is 82.1 cm³/mol. The van der Waals surface area contributed by atoms with Crippen molar-refractivity contribution in [1.82, 2.24) is 4.90 Å². The van der Waals surface area contributed by atoms with E-state index >= 15 is 0 Å². The lowest BCUT2D eigenvalue weighted by Crippen LogP contribution is -2.40. The summed E-state index contributed by atoms with van der Waals surface area (Å²) in [5.74, 6) is 0.883. The summed E-state index contributed by atoms with van der Waals surface area (Å²) in [7, 11) is 0. The van der Waals surface area contributed by atoms with Gasteiger partial charge in [0, 0.05) is 12.6 Å². The molecule has 0 spiro atoms. The van der Waals surface area contributed by atoms with Crippen LogP contribution in [0.4, 0.5) is 0 Å². The number of nitrogens with zero attached hydrogens (tertiary/aromatic N) is 1. The lowest BCUT2D eigenvalue weighted by atomic mass is 10.0. The largest absolute Gasteiger partial charge is 0.494 e. The van der Waals surface area contributed by atoms with Crippen LogP contribution in [0.1, 0.15) is 51.2 Å². The van der Waals surface area contributed by atoms with Gasteiger partial charge in [0.25, 0.3) is 0 Å². The average molecular weight is 277 g/mol. The van der Waals surface area contributed by atoms with Gasteiger partial charge in [0.05, 0.1) is 12.7 Å². The number of rotatable bonds is 6. The maximum Gasteiger partial charge on any atom is 0.119 e. The van der Waals surface area contributed by atoms with E-state index in [1.54, 1.807) is 0 Å². The van der Waals surface area contributed by atoms with Gasteiger partial charge >= 0.3 is 0 Å². The highest BCUT2D eigenvalue weighted by Crippen LogP contribution is 2.22. The summed E-state index contributed by atoms with van der Waals surface area (Å²) in [5, 5.41) is 10.4. The van der Waals surface area contributed by atoms with E-state index in [0.29, 0.717) is 6.04 Å². The average Bonchev–Trinajstić information content (AvgIpc) is 2.48. The maximum absolute atomic E-state index is 10.4. The number of hydrogen-bond acceptors (Lipinski definition) is 3. The maximum atomic E-state index is 10.4. The normalized spacial score (nSPS) is 21.6. The zero-order valence-electron chi connectivity index (χ0n) is 12.7. The molecule has 1 aromatic rings. The van der Waals surface area contributed by atoms with Crippen LogP contribution >= 0.6 is 0 Å². The quantitative estimate of drug-likeness (QED) is 0.865. The number of hydrogen-bond donors (Lipinski definition) is 1. The van der Waals surface area contributed by atoms with Crippen molar-refractivity contribution in [2.45, 2.75) is 51.7 Å². The summed E-state index contributed by atoms with van der Waals surface area (Å²) in [6.45, 7) is 6.94. The van der Waals surface area contributed by atoms with E-state index in [9.17, 15) is 5.11 Å². The first-order valence-electron chi connectivity index (χ1n) is 7.85. The molecule has 2 rings (SSSR count). The minimum Gasteiger partial charge on any atom is -0.494 e. The number of benzene rings is 1. The molecule has 1 aromatic carbocycles. The summed E-state index contributed by atoms with van der Waals surface area (Å²) in [4.78, 5) is 2.40. The highest BCUT2D eigenvalue weighted by molar-refractivity contribution is 5.28. The predicted octanol–water partition coefficient (Wildman–Crippen LogP) is 3.38. The topological polar surface area (TPSA) is 32.7 Å². The Morgan fingerprint density at radius 3 is 2.70 bits per heavy atom. The van der Waals surface area contributed by atoms with Gasteiger partial charge in [0.1, 0.15) is 5.75 Å². The SMILES string of the molecule is CCCOc1ccc(C(O)CN2CCCCC2C)cc1. The molecule has 3 heteroatoms. The van der Waals surface area contributed by atoms with E-state index in [1.807, 2.05) is 24.3 Å². The lowest BCUT2D eigenvalue weighted by Gasteiger charge is -2.34. The molecule has 1 fully saturated rings. The van der Waals surface area contributed by atoms with Gasteiger partial charge in [-0.05, 0) is 50.4 Å². The Bertz CT molecular complexity index is 390. The van der Waals surface area contributed by atoms with Gasteiger partial charge in [-0.3, -0.25) is 4.90 Å². The Morgan fingerprint density at radius 2 is 2.05 bits per heavy atom. The Balaban J connectivity index is 1.89. The molecular formula is C17H27NO2. The van der Waals surface area contributed by atoms with Gasteiger partial charge in [-0.15, -0.1) is 0 Å². The van der Waals surface area contributed by atoms with Gasteiger partial charge in [-0.25, -0.2) is 0 Å². The fourth-order valence-electron chi connectivity index (χ4n) is 2.76. The monoisotopic (exact) mass is 277 g/mol. The van der Waals surface area contributed by atoms with Crippen molar-refractivity contribution in [3.8, 4) is 5.75 Å². The number of aliphatic hydroxyl groups is 1. The van der Waals surface area contributed by atoms with Gasteiger partial charge in [0.2, 0.25) is 0 Å². The molecule has 1 heterocycles. The van der Waals surface area contributed by atoms with Gasteiger partial charge in [-0.2, -0.15) is 0 Å². The van der Waals surface area contributed by atoms with Crippen LogP contribution < -0.4 is 4.74 Å². The molecule has 0 aromatic heterocycles. The summed E-state index contributed by atoms with van der Waals surface area (Å²) in [6, 6.07) is 8.45. The molecule has 0 aliphatic carbocycles. The number of aliphatic hydroxyl groups excluding tert-OH is 1. The Kier molecular flexibility index (Phi) is 5.86. The van der Waals surface area contributed by atoms with Crippen LogP contribution in [0.2, 0.25) is 0 Å². The van der Waals surface area contributed by atoms with Crippen LogP contribution in [-0.4, -0.2) is 35.7 Å². The van der Waals surface area contributed by atoms with Crippen LogP contribution in [0.3, 0.4) is 0 Å². The molecule has 1 saturated heterocycles. The van der Waals surface area contributed by atoms with E-state index in [4.69, 9.17) is 4.74 Å². The van der Waals surface area contributed by atoms with Crippen molar-refractivity contribution in [2.24, 2.45) is 0 Å². The first-order valence-corrected chi connectivity index (χ1v) is 7.85. The van der Waals surface area contributed by atoms with E-state index in [0.717, 1.165) is 37.4 Å². The van der Waals surface area contributed by atoms with E-state index < -0.39 is 6.10 Å². The fourth-order valence-corrected chi connectivity index (χ4v) is 2.76. The molecule has 2 unspecified atom stereocenters. The zero-order valence-corrected chi connectivity index (χ0v) is 12.7. The second-order valence-corrected chi connectivity index (χ2v) is 5.77. The number of β-amino-alcohol motifs (C(OH)–C–C–N with tert-alkyl or cyclic N) is 1. The van der Waals surface area contributed by atoms with E-state index in [-0.39, 0.29) is 0 Å². The standard InChI is InChI=1S/C17H27NO2/c1-3-12-20-16-9-7-15(8-10-16)17(19)13-18-11-5-4-6-14(18)2/h7-10,14,17,19H,3-6,11-13H2,1-2H3. The summed E-state index contributed by atoms with van der Waals surface area (Å²) in [5.41, 5.74) is 0.978. The van der Waals surface area contributed by atoms with Crippen LogP contribution in [0.15, 0.2) is 24.3 Å². The molecule has 0 saturated carbocycles. The summed E-state index contributed by atoms with van der Waals surface area (Å²) in [6.07, 6.45) is 4.42. The van der Waals surface area contributed by atoms with Crippen LogP contribution in [-0.2, 0) is 0 Å². The number of likely N-dealkylation sites (tertiary alicyclic amines) is 1. The highest BCUT2D eigenvalue weighted by Gasteiger charge is 2.21. The smallest absolute Gasteiger partial charge is 0.119 e. The third-order valence-corrected chi connectivity index (χ3v) is 4.09. The van der Waals surface area contributed by atoms with Gasteiger partial charge in [-0.1, -0.05) is 25.5 Å². The second-order valence-electron chi connectivity index (χ2n) is 5.77. The Morgan fingerprint density at radius 1 is 1.30 bits per heavy atom. The molecule has 1 N–H and O–H groups in total. The molecular weight excluding hydrogens is 250 g/mol. The minimum absolute atomic E-state index is 0.407. The first kappa shape index (κ1) is 15.3. The van der Waals surface area contributed by atoms with Crippen molar-refractivity contribution in [1.29, 1.82) is 0 Å². The van der Waals surface area contributed by atoms with Crippen molar-refractivity contribution in [3.63, 3.8) is 0 Å². The lowest BCUT2D eigenvalue weighted by molar-refractivity contribution is 0.0732. The van der Waals surface area contributed by atoms with Crippen LogP contribution in [0, 0.1) is 0 Å². The molecule has 3 nitrogen and oxygen atoms in total. The van der Waals surface area contributed by atoms with E-state index in [2.05, 4.69) is 18.7 Å². The zero-order chi connectivity index (χ0) is 14.4. The van der Waals surface area contributed by atoms with Crippen molar-refractivity contribution < 1.29 is 9.84 Å². The van der Waals surface area contributed by atoms with E-state index in [1.165, 1.54) is 19.3 Å². The third-order valence-electron chi connectivity index (χ3n) is 4.09. The molecule has 1 aliphatic heterocycles. The highest BCUT2D eigenvalue weighted by atomic mass is 16.5. The molecule has 2 atom stereocenters. The van der Waals surface area contributed by atoms with Gasteiger partial charge < -0.3 is 9.84 Å². The van der Waals surface area contributed by atoms with Crippen LogP contribution in [0.5, 0.6) is 5.75 Å². The number of ether oxygens (including phenoxy) is 1. The number of piperidine rings is 1. The summed E-state index contributed by atoms with van der Waals surface area (Å²) < 4.78 is 5.56. The van der Waals surface area contributed by atoms with Crippen molar-refractivity contribution in [3.05, 3.63) is 29.8 Å². The molecule has 0 radical (unpaired) electrons. The summed E-state index contributed by atoms with van der Waals surface area (Å²) >= 11 is 0. The van der Waals surface area contributed by atoms with Crippen molar-refractivity contribution >= 4 is 0 Å². The molecule has 112 valence electrons. The molecule has 0 bridgehead atoms. The minimum atomic E-state index is -0.407. The van der Waals surface area contributed by atoms with Crippen LogP contribution in [0.25, 0.3) is 0 Å². The fraction of sp³-hybridized carbons (Fsp3) is 0.647. The van der Waals surface area contributed by atoms with Gasteiger partial charge in [0.15, 0.2) is 0 Å². The Hall–Kier alpha value is -1.06.